The third kappa shape index (κ3) is 5.35. The van der Waals surface area contributed by atoms with Crippen molar-refractivity contribution in [1.29, 1.82) is 5.26 Å². The molecule has 9 nitrogen and oxygen atoms in total. The van der Waals surface area contributed by atoms with Crippen molar-refractivity contribution in [3.05, 3.63) is 57.5 Å². The molecule has 0 heterocycles. The van der Waals surface area contributed by atoms with Crippen molar-refractivity contribution >= 4 is 25.5 Å². The predicted octanol–water partition coefficient (Wildman–Crippen LogP) is 0.987. The first-order chi connectivity index (χ1) is 10.2. The van der Waals surface area contributed by atoms with Crippen molar-refractivity contribution in [2.75, 3.05) is 4.72 Å². The largest absolute Gasteiger partial charge is 0.280 e. The van der Waals surface area contributed by atoms with Crippen molar-refractivity contribution in [1.82, 2.24) is 0 Å². The number of allylic oxidation sites excluding steroid dienone is 1. The first-order valence-electron chi connectivity index (χ1n) is 5.42. The molecule has 0 aliphatic heterocycles. The number of nitrogens with zero attached hydrogens (tertiary/aromatic N) is 2. The molecular weight excluding hydrogens is 334 g/mol. The van der Waals surface area contributed by atoms with E-state index in [9.17, 15) is 26.9 Å². The van der Waals surface area contributed by atoms with Gasteiger partial charge in [-0.25, -0.2) is 16.8 Å². The molecule has 11 heteroatoms. The van der Waals surface area contributed by atoms with E-state index in [0.29, 0.717) is 10.8 Å². The molecule has 0 amide bonds. The smallest absolute Gasteiger partial charge is 0.261 e. The molecule has 1 rings (SSSR count). The van der Waals surface area contributed by atoms with Crippen molar-refractivity contribution in [3.8, 4) is 6.07 Å². The van der Waals surface area contributed by atoms with E-state index in [4.69, 9.17) is 5.26 Å². The zero-order chi connectivity index (χ0) is 16.8. The van der Waals surface area contributed by atoms with Crippen LogP contribution in [0.5, 0.6) is 0 Å². The third-order valence-corrected chi connectivity index (χ3v) is 4.55. The molecule has 0 aromatic heterocycles. The molecule has 0 saturated carbocycles. The Labute approximate surface area is 126 Å². The fraction of sp³-hybridized carbons (Fsp3) is 0. The van der Waals surface area contributed by atoms with E-state index in [1.807, 2.05) is 4.72 Å². The van der Waals surface area contributed by atoms with Crippen LogP contribution in [0.1, 0.15) is 0 Å². The fourth-order valence-electron chi connectivity index (χ4n) is 1.24. The van der Waals surface area contributed by atoms with Gasteiger partial charge in [-0.15, -0.1) is 0 Å². The number of nitrogens with one attached hydrogen (secondary N) is 1. The molecule has 0 saturated heterocycles. The van der Waals surface area contributed by atoms with Crippen LogP contribution in [0.3, 0.4) is 0 Å². The van der Waals surface area contributed by atoms with E-state index in [-0.39, 0.29) is 16.8 Å². The third-order valence-electron chi connectivity index (χ3n) is 2.13. The molecule has 116 valence electrons. The molecule has 1 aromatic carbocycles. The summed E-state index contributed by atoms with van der Waals surface area (Å²) < 4.78 is 48.3. The van der Waals surface area contributed by atoms with Gasteiger partial charge in [0.15, 0.2) is 0 Å². The molecule has 0 aliphatic rings. The molecule has 0 atom stereocenters. The van der Waals surface area contributed by atoms with E-state index in [0.717, 1.165) is 18.2 Å². The van der Waals surface area contributed by atoms with Crippen LogP contribution in [0.25, 0.3) is 0 Å². The van der Waals surface area contributed by atoms with E-state index >= 15 is 0 Å². The summed E-state index contributed by atoms with van der Waals surface area (Å²) in [6.07, 6.45) is 1.06. The van der Waals surface area contributed by atoms with E-state index < -0.39 is 24.8 Å². The Hall–Kier alpha value is -2.71. The Bertz CT molecular complexity index is 861. The van der Waals surface area contributed by atoms with Gasteiger partial charge < -0.3 is 0 Å². The summed E-state index contributed by atoms with van der Waals surface area (Å²) in [5.41, 5.74) is 0.0243. The number of hydrogen-bond donors (Lipinski definition) is 1. The number of nitriles is 1. The lowest BCUT2D eigenvalue weighted by Crippen LogP contribution is -2.09. The lowest BCUT2D eigenvalue weighted by molar-refractivity contribution is -0.402. The van der Waals surface area contributed by atoms with E-state index in [1.54, 1.807) is 6.07 Å². The van der Waals surface area contributed by atoms with Crippen molar-refractivity contribution in [2.45, 2.75) is 4.90 Å². The van der Waals surface area contributed by atoms with Gasteiger partial charge in [0.25, 0.3) is 10.0 Å². The highest BCUT2D eigenvalue weighted by Crippen LogP contribution is 2.17. The predicted molar refractivity (Wildman–Crippen MR) is 77.1 cm³/mol. The minimum atomic E-state index is -4.07. The van der Waals surface area contributed by atoms with Crippen LogP contribution in [0.4, 0.5) is 5.69 Å². The molecule has 0 aliphatic carbocycles. The highest BCUT2D eigenvalue weighted by atomic mass is 32.2. The maximum Gasteiger partial charge on any atom is 0.261 e. The van der Waals surface area contributed by atoms with Crippen molar-refractivity contribution in [2.24, 2.45) is 0 Å². The summed E-state index contributed by atoms with van der Waals surface area (Å²) in [5, 5.41) is 19.5. The number of sulfonamides is 1. The van der Waals surface area contributed by atoms with Gasteiger partial charge in [0.1, 0.15) is 5.41 Å². The van der Waals surface area contributed by atoms with E-state index in [1.165, 1.54) is 12.1 Å². The van der Waals surface area contributed by atoms with Crippen LogP contribution < -0.4 is 4.72 Å². The lowest BCUT2D eigenvalue weighted by Gasteiger charge is -2.04. The Balaban J connectivity index is 2.98. The second-order valence-electron chi connectivity index (χ2n) is 3.72. The molecule has 22 heavy (non-hydrogen) atoms. The Kier molecular flexibility index (Phi) is 5.39. The van der Waals surface area contributed by atoms with Gasteiger partial charge in [0.2, 0.25) is 16.0 Å². The number of rotatable bonds is 6. The molecule has 0 bridgehead atoms. The van der Waals surface area contributed by atoms with Crippen LogP contribution in [0, 0.1) is 21.4 Å². The quantitative estimate of drug-likeness (QED) is 0.460. The molecular formula is C11H9N3O6S2. The molecule has 0 fully saturated rings. The summed E-state index contributed by atoms with van der Waals surface area (Å²) in [5.74, 6) is 0. The molecule has 1 aromatic rings. The average molecular weight is 343 g/mol. The van der Waals surface area contributed by atoms with Gasteiger partial charge >= 0.3 is 0 Å². The molecule has 0 radical (unpaired) electrons. The van der Waals surface area contributed by atoms with Crippen molar-refractivity contribution in [3.63, 3.8) is 0 Å². The zero-order valence-electron chi connectivity index (χ0n) is 10.8. The maximum absolute atomic E-state index is 11.7. The molecule has 0 spiro atoms. The highest BCUT2D eigenvalue weighted by Gasteiger charge is 2.12. The van der Waals surface area contributed by atoms with Crippen molar-refractivity contribution < 1.29 is 21.8 Å². The number of anilines is 1. The van der Waals surface area contributed by atoms with Gasteiger partial charge in [-0.05, 0) is 24.3 Å². The van der Waals surface area contributed by atoms with Crippen LogP contribution in [-0.4, -0.2) is 21.8 Å². The zero-order valence-corrected chi connectivity index (χ0v) is 12.4. The minimum absolute atomic E-state index is 0.0243. The summed E-state index contributed by atoms with van der Waals surface area (Å²) in [6.45, 7) is 0. The highest BCUT2D eigenvalue weighted by molar-refractivity contribution is 7.95. The van der Waals surface area contributed by atoms with Gasteiger partial charge in [-0.2, -0.15) is 5.26 Å². The van der Waals surface area contributed by atoms with Gasteiger partial charge in [0, 0.05) is 17.2 Å². The standard InChI is InChI=1S/C11H9N3O6S2/c12-6-1-8-21(17,18)11-4-2-10(3-5-11)13-22(19,20)9-7-14(15)16/h1-5,7-9,13H/b8-1+,9-7+. The van der Waals surface area contributed by atoms with Crippen LogP contribution in [-0.2, 0) is 19.9 Å². The van der Waals surface area contributed by atoms with Crippen LogP contribution >= 0.6 is 0 Å². The Morgan fingerprint density at radius 3 is 2.23 bits per heavy atom. The second-order valence-corrected chi connectivity index (χ2v) is 7.12. The second kappa shape index (κ2) is 6.83. The summed E-state index contributed by atoms with van der Waals surface area (Å²) in [4.78, 5) is 9.00. The summed E-state index contributed by atoms with van der Waals surface area (Å²) in [7, 11) is -7.86. The average Bonchev–Trinajstić information content (AvgIpc) is 2.43. The Morgan fingerprint density at radius 1 is 1.14 bits per heavy atom. The normalized spacial score (nSPS) is 12.3. The molecule has 1 N–H and O–H groups in total. The van der Waals surface area contributed by atoms with Crippen LogP contribution in [0.15, 0.2) is 52.3 Å². The van der Waals surface area contributed by atoms with Gasteiger partial charge in [-0.1, -0.05) is 0 Å². The molecule has 0 unspecified atom stereocenters. The number of hydrogen-bond acceptors (Lipinski definition) is 7. The maximum atomic E-state index is 11.7. The summed E-state index contributed by atoms with van der Waals surface area (Å²) >= 11 is 0. The number of sulfone groups is 1. The lowest BCUT2D eigenvalue weighted by atomic mass is 10.3. The first-order valence-corrected chi connectivity index (χ1v) is 8.51. The number of nitro groups is 1. The fourth-order valence-corrected chi connectivity index (χ4v) is 2.94. The number of benzene rings is 1. The monoisotopic (exact) mass is 343 g/mol. The minimum Gasteiger partial charge on any atom is -0.280 e. The Morgan fingerprint density at radius 2 is 1.73 bits per heavy atom. The van der Waals surface area contributed by atoms with Crippen LogP contribution in [0.2, 0.25) is 0 Å². The van der Waals surface area contributed by atoms with Gasteiger partial charge in [-0.3, -0.25) is 14.8 Å². The topological polar surface area (TPSA) is 147 Å². The SMILES string of the molecule is N#C/C=C/S(=O)(=O)c1ccc(NS(=O)(=O)/C=C/[N+](=O)[O-])cc1. The van der Waals surface area contributed by atoms with E-state index in [2.05, 4.69) is 0 Å². The van der Waals surface area contributed by atoms with Gasteiger partial charge in [0.05, 0.1) is 15.9 Å². The summed E-state index contributed by atoms with van der Waals surface area (Å²) in [6, 6.07) is 6.15. The first kappa shape index (κ1) is 17.3.